The Hall–Kier alpha value is -5.35. The third-order valence-electron chi connectivity index (χ3n) is 8.45. The average Bonchev–Trinajstić information content (AvgIpc) is 3.43. The number of ether oxygens (including phenoxy) is 3. The minimum Gasteiger partial charge on any atom is -0.493 e. The largest absolute Gasteiger partial charge is 0.493 e. The van der Waals surface area contributed by atoms with Crippen LogP contribution in [0, 0.1) is 6.92 Å². The van der Waals surface area contributed by atoms with E-state index in [1.54, 1.807) is 13.2 Å². The molecule has 10 nitrogen and oxygen atoms in total. The van der Waals surface area contributed by atoms with Crippen LogP contribution in [0.2, 0.25) is 0 Å². The summed E-state index contributed by atoms with van der Waals surface area (Å²) >= 11 is 0. The highest BCUT2D eigenvalue weighted by Crippen LogP contribution is 2.32. The number of methoxy groups -OCH3 is 1. The van der Waals surface area contributed by atoms with Crippen LogP contribution in [0.15, 0.2) is 84.9 Å². The number of benzene rings is 4. The van der Waals surface area contributed by atoms with Gasteiger partial charge in [0, 0.05) is 31.7 Å². The van der Waals surface area contributed by atoms with Crippen molar-refractivity contribution in [2.75, 3.05) is 26.8 Å². The van der Waals surface area contributed by atoms with Crippen LogP contribution in [0.25, 0.3) is 11.1 Å². The summed E-state index contributed by atoms with van der Waals surface area (Å²) in [6.07, 6.45) is -0.421. The molecule has 3 heterocycles. The zero-order valence-electron chi connectivity index (χ0n) is 26.3. The van der Waals surface area contributed by atoms with Crippen LogP contribution in [0.1, 0.15) is 32.6 Å². The summed E-state index contributed by atoms with van der Waals surface area (Å²) in [6, 6.07) is 25.8. The van der Waals surface area contributed by atoms with E-state index >= 15 is 0 Å². The molecule has 2 atom stereocenters. The van der Waals surface area contributed by atoms with E-state index in [9.17, 15) is 14.4 Å². The normalized spacial score (nSPS) is 18.3. The highest BCUT2D eigenvalue weighted by molar-refractivity contribution is 5.96. The summed E-state index contributed by atoms with van der Waals surface area (Å²) in [5.41, 5.74) is 5.87. The standard InChI is InChI=1S/C37H37N3O7/c1-23-6-12-28-17-30(23)27-4-3-5-29(16-27)46-22-35(41)38-18-26-11-13-32(33(14-26)45-2)47-34-21-40(20-31(34)39-37(28)44)19-25-9-7-24(8-10-25)15-36(42)43/h3-14,16-17,31,34H,15,18-22H2,1-2H3,(H,38,41)(H,39,44)(H,42,43)/t31-,34-/m0/s1. The van der Waals surface area contributed by atoms with E-state index in [0.29, 0.717) is 42.4 Å². The quantitative estimate of drug-likeness (QED) is 0.295. The Labute approximate surface area is 273 Å². The van der Waals surface area contributed by atoms with E-state index in [0.717, 1.165) is 33.4 Å². The van der Waals surface area contributed by atoms with E-state index in [1.807, 2.05) is 85.8 Å². The molecule has 0 spiro atoms. The lowest BCUT2D eigenvalue weighted by Gasteiger charge is -2.23. The molecule has 3 aliphatic rings. The number of carbonyl (C=O) groups is 3. The summed E-state index contributed by atoms with van der Waals surface area (Å²) in [4.78, 5) is 39.7. The van der Waals surface area contributed by atoms with Gasteiger partial charge in [0.15, 0.2) is 18.1 Å². The highest BCUT2D eigenvalue weighted by atomic mass is 16.5. The smallest absolute Gasteiger partial charge is 0.307 e. The van der Waals surface area contributed by atoms with Crippen molar-refractivity contribution in [2.24, 2.45) is 0 Å². The van der Waals surface area contributed by atoms with Gasteiger partial charge in [-0.15, -0.1) is 0 Å². The topological polar surface area (TPSA) is 126 Å². The first kappa shape index (κ1) is 31.6. The maximum Gasteiger partial charge on any atom is 0.307 e. The van der Waals surface area contributed by atoms with Gasteiger partial charge in [-0.3, -0.25) is 19.3 Å². The highest BCUT2D eigenvalue weighted by Gasteiger charge is 2.36. The second-order valence-corrected chi connectivity index (χ2v) is 11.9. The number of likely N-dealkylation sites (tertiary alicyclic amines) is 1. The molecule has 0 radical (unpaired) electrons. The fraction of sp³-hybridized carbons (Fsp3) is 0.270. The number of hydrogen-bond donors (Lipinski definition) is 3. The van der Waals surface area contributed by atoms with Crippen molar-refractivity contribution in [3.63, 3.8) is 0 Å². The Kier molecular flexibility index (Phi) is 9.40. The molecule has 1 fully saturated rings. The molecule has 7 rings (SSSR count). The first-order valence-electron chi connectivity index (χ1n) is 15.5. The second kappa shape index (κ2) is 14.0. The Bertz CT molecular complexity index is 1790. The number of nitrogens with one attached hydrogen (secondary N) is 2. The fourth-order valence-corrected chi connectivity index (χ4v) is 6.00. The number of hydrogen-bond acceptors (Lipinski definition) is 7. The van der Waals surface area contributed by atoms with Gasteiger partial charge in [-0.25, -0.2) is 0 Å². The molecular formula is C37H37N3O7. The van der Waals surface area contributed by atoms with Crippen LogP contribution < -0.4 is 24.8 Å². The van der Waals surface area contributed by atoms with Crippen molar-refractivity contribution >= 4 is 17.8 Å². The molecular weight excluding hydrogens is 598 g/mol. The van der Waals surface area contributed by atoms with Gasteiger partial charge >= 0.3 is 5.97 Å². The van der Waals surface area contributed by atoms with Crippen LogP contribution in [0.5, 0.6) is 17.2 Å². The van der Waals surface area contributed by atoms with Crippen molar-refractivity contribution < 1.29 is 33.7 Å². The first-order valence-corrected chi connectivity index (χ1v) is 15.5. The van der Waals surface area contributed by atoms with Crippen molar-refractivity contribution in [3.05, 3.63) is 113 Å². The molecule has 242 valence electrons. The molecule has 4 aromatic carbocycles. The number of amides is 2. The van der Waals surface area contributed by atoms with Gasteiger partial charge in [0.1, 0.15) is 11.9 Å². The van der Waals surface area contributed by atoms with Crippen LogP contribution in [-0.2, 0) is 29.1 Å². The monoisotopic (exact) mass is 635 g/mol. The predicted molar refractivity (Wildman–Crippen MR) is 176 cm³/mol. The number of aryl methyl sites for hydroxylation is 1. The van der Waals surface area contributed by atoms with Crippen molar-refractivity contribution in [1.29, 1.82) is 0 Å². The first-order chi connectivity index (χ1) is 22.7. The molecule has 10 heteroatoms. The van der Waals surface area contributed by atoms with Gasteiger partial charge in [0.2, 0.25) is 0 Å². The fourth-order valence-electron chi connectivity index (χ4n) is 6.00. The Morgan fingerprint density at radius 2 is 1.77 bits per heavy atom. The Morgan fingerprint density at radius 3 is 2.55 bits per heavy atom. The number of carboxylic acids is 1. The lowest BCUT2D eigenvalue weighted by atomic mass is 9.97. The van der Waals surface area contributed by atoms with Crippen LogP contribution in [-0.4, -0.2) is 66.7 Å². The van der Waals surface area contributed by atoms with Gasteiger partial charge in [-0.1, -0.05) is 48.5 Å². The van der Waals surface area contributed by atoms with Gasteiger partial charge in [-0.2, -0.15) is 0 Å². The number of nitrogens with zero attached hydrogens (tertiary/aromatic N) is 1. The lowest BCUT2D eigenvalue weighted by Crippen LogP contribution is -2.45. The SMILES string of the molecule is COc1cc2ccc1O[C@H]1CN(Cc3ccc(CC(=O)O)cc3)C[C@@H]1NC(=O)c1ccc(C)c(c1)-c1cccc(c1)OCC(=O)NC2. The third-order valence-corrected chi connectivity index (χ3v) is 8.45. The van der Waals surface area contributed by atoms with Crippen molar-refractivity contribution in [2.45, 2.75) is 38.6 Å². The molecule has 0 unspecified atom stereocenters. The van der Waals surface area contributed by atoms with Crippen LogP contribution in [0.3, 0.4) is 0 Å². The van der Waals surface area contributed by atoms with Crippen LogP contribution in [0.4, 0.5) is 0 Å². The van der Waals surface area contributed by atoms with Crippen LogP contribution >= 0.6 is 0 Å². The molecule has 0 aromatic heterocycles. The maximum atomic E-state index is 13.8. The van der Waals surface area contributed by atoms with E-state index in [1.165, 1.54) is 0 Å². The number of carboxylic acid groups (broad SMARTS) is 1. The van der Waals surface area contributed by atoms with Crippen molar-refractivity contribution in [1.82, 2.24) is 15.5 Å². The minimum atomic E-state index is -0.869. The lowest BCUT2D eigenvalue weighted by molar-refractivity contribution is -0.136. The number of fused-ring (bicyclic) bond motifs is 7. The molecule has 1 saturated heterocycles. The van der Waals surface area contributed by atoms with Crippen molar-refractivity contribution in [3.8, 4) is 28.4 Å². The van der Waals surface area contributed by atoms with Gasteiger partial charge in [-0.05, 0) is 76.7 Å². The van der Waals surface area contributed by atoms with Gasteiger partial charge in [0.25, 0.3) is 11.8 Å². The second-order valence-electron chi connectivity index (χ2n) is 11.9. The molecule has 6 bridgehead atoms. The average molecular weight is 636 g/mol. The summed E-state index contributed by atoms with van der Waals surface area (Å²) in [5, 5.41) is 15.2. The predicted octanol–water partition coefficient (Wildman–Crippen LogP) is 4.37. The molecule has 0 aliphatic carbocycles. The summed E-state index contributed by atoms with van der Waals surface area (Å²) in [6.45, 7) is 3.80. The van der Waals surface area contributed by atoms with E-state index in [-0.39, 0.29) is 37.4 Å². The zero-order chi connectivity index (χ0) is 32.9. The Balaban J connectivity index is 1.31. The summed E-state index contributed by atoms with van der Waals surface area (Å²) < 4.78 is 18.0. The van der Waals surface area contributed by atoms with E-state index < -0.39 is 12.1 Å². The molecule has 3 N–H and O–H groups in total. The summed E-state index contributed by atoms with van der Waals surface area (Å²) in [7, 11) is 1.56. The molecule has 0 saturated carbocycles. The number of rotatable bonds is 5. The Morgan fingerprint density at radius 1 is 0.957 bits per heavy atom. The van der Waals surface area contributed by atoms with Gasteiger partial charge < -0.3 is 30.0 Å². The minimum absolute atomic E-state index is 0.0268. The number of aliphatic carboxylic acids is 1. The third kappa shape index (κ3) is 7.73. The number of carbonyl (C=O) groups excluding carboxylic acids is 2. The zero-order valence-corrected chi connectivity index (χ0v) is 26.3. The summed E-state index contributed by atoms with van der Waals surface area (Å²) in [5.74, 6) is 0.247. The molecule has 4 aromatic rings. The van der Waals surface area contributed by atoms with Gasteiger partial charge in [0.05, 0.1) is 19.6 Å². The molecule has 47 heavy (non-hydrogen) atoms. The molecule has 2 amide bonds. The van der Waals surface area contributed by atoms with E-state index in [4.69, 9.17) is 19.3 Å². The molecule has 3 aliphatic heterocycles. The van der Waals surface area contributed by atoms with E-state index in [2.05, 4.69) is 15.5 Å². The maximum absolute atomic E-state index is 13.8.